The largest absolute Gasteiger partial charge is 0.379 e. The maximum atomic E-state index is 12.1. The molecule has 7 heteroatoms. The van der Waals surface area contributed by atoms with Crippen molar-refractivity contribution in [1.82, 2.24) is 4.90 Å². The number of carbonyl (C=O) groups is 1. The van der Waals surface area contributed by atoms with Gasteiger partial charge in [-0.15, -0.1) is 24.8 Å². The van der Waals surface area contributed by atoms with Crippen LogP contribution in [0.4, 0.5) is 5.69 Å². The summed E-state index contributed by atoms with van der Waals surface area (Å²) in [6.07, 6.45) is 3.81. The Morgan fingerprint density at radius 2 is 1.84 bits per heavy atom. The quantitative estimate of drug-likeness (QED) is 0.812. The van der Waals surface area contributed by atoms with Gasteiger partial charge >= 0.3 is 0 Å². The fourth-order valence-corrected chi connectivity index (χ4v) is 3.48. The highest BCUT2D eigenvalue weighted by Gasteiger charge is 2.25. The summed E-state index contributed by atoms with van der Waals surface area (Å²) in [7, 11) is 0. The van der Waals surface area contributed by atoms with E-state index in [9.17, 15) is 4.79 Å². The Morgan fingerprint density at radius 3 is 2.44 bits per heavy atom. The van der Waals surface area contributed by atoms with Crippen molar-refractivity contribution in [2.45, 2.75) is 38.3 Å². The van der Waals surface area contributed by atoms with Gasteiger partial charge in [0.15, 0.2) is 0 Å². The van der Waals surface area contributed by atoms with Crippen LogP contribution in [0.2, 0.25) is 0 Å². The first kappa shape index (κ1) is 22.2. The molecule has 5 nitrogen and oxygen atoms in total. The molecule has 0 aromatic heterocycles. The average Bonchev–Trinajstić information content (AvgIpc) is 2.95. The molecule has 0 spiro atoms. The lowest BCUT2D eigenvalue weighted by molar-refractivity contribution is -0.117. The minimum atomic E-state index is 0. The number of ether oxygens (including phenoxy) is 1. The van der Waals surface area contributed by atoms with Crippen LogP contribution in [0.25, 0.3) is 0 Å². The third-order valence-electron chi connectivity index (χ3n) is 4.91. The molecule has 1 saturated heterocycles. The summed E-state index contributed by atoms with van der Waals surface area (Å²) in [5.41, 5.74) is 8.17. The topological polar surface area (TPSA) is 67.6 Å². The number of morpholine rings is 1. The molecule has 2 fully saturated rings. The number of carbonyl (C=O) groups excluding carboxylic acids is 1. The van der Waals surface area contributed by atoms with Crippen LogP contribution < -0.4 is 11.1 Å². The Balaban J connectivity index is 0.00000156. The second-order valence-electron chi connectivity index (χ2n) is 6.69. The van der Waals surface area contributed by atoms with Gasteiger partial charge in [-0.3, -0.25) is 9.69 Å². The lowest BCUT2D eigenvalue weighted by atomic mass is 10.00. The number of halogens is 2. The van der Waals surface area contributed by atoms with Crippen molar-refractivity contribution < 1.29 is 9.53 Å². The van der Waals surface area contributed by atoms with Crippen molar-refractivity contribution in [2.75, 3.05) is 31.6 Å². The first-order valence-electron chi connectivity index (χ1n) is 8.65. The lowest BCUT2D eigenvalue weighted by Crippen LogP contribution is -2.35. The predicted molar refractivity (Wildman–Crippen MR) is 106 cm³/mol. The van der Waals surface area contributed by atoms with Gasteiger partial charge in [0.2, 0.25) is 5.91 Å². The minimum Gasteiger partial charge on any atom is -0.379 e. The molecular weight excluding hydrogens is 361 g/mol. The Hall–Kier alpha value is -0.850. The average molecular weight is 390 g/mol. The minimum absolute atomic E-state index is 0. The summed E-state index contributed by atoms with van der Waals surface area (Å²) in [4.78, 5) is 14.5. The Morgan fingerprint density at radius 1 is 1.16 bits per heavy atom. The molecule has 0 unspecified atom stereocenters. The van der Waals surface area contributed by atoms with Crippen LogP contribution in [0, 0.1) is 5.92 Å². The van der Waals surface area contributed by atoms with E-state index in [4.69, 9.17) is 10.5 Å². The van der Waals surface area contributed by atoms with Gasteiger partial charge in [0.25, 0.3) is 0 Å². The normalized spacial score (nSPS) is 23.4. The van der Waals surface area contributed by atoms with E-state index < -0.39 is 0 Å². The van der Waals surface area contributed by atoms with E-state index in [0.29, 0.717) is 12.3 Å². The third-order valence-corrected chi connectivity index (χ3v) is 4.91. The first-order valence-corrected chi connectivity index (χ1v) is 8.65. The van der Waals surface area contributed by atoms with E-state index in [1.165, 1.54) is 5.56 Å². The maximum Gasteiger partial charge on any atom is 0.224 e. The Bertz CT molecular complexity index is 522. The van der Waals surface area contributed by atoms with E-state index >= 15 is 0 Å². The van der Waals surface area contributed by atoms with Crippen LogP contribution >= 0.6 is 24.8 Å². The summed E-state index contributed by atoms with van der Waals surface area (Å²) >= 11 is 0. The van der Waals surface area contributed by atoms with Gasteiger partial charge in [-0.2, -0.15) is 0 Å². The van der Waals surface area contributed by atoms with Crippen molar-refractivity contribution >= 4 is 36.4 Å². The van der Waals surface area contributed by atoms with Crippen LogP contribution in [0.1, 0.15) is 31.2 Å². The molecule has 1 amide bonds. The summed E-state index contributed by atoms with van der Waals surface area (Å²) in [6, 6.07) is 8.35. The smallest absolute Gasteiger partial charge is 0.224 e. The molecule has 3 N–H and O–H groups in total. The van der Waals surface area contributed by atoms with E-state index in [1.807, 2.05) is 12.1 Å². The zero-order chi connectivity index (χ0) is 16.1. The van der Waals surface area contributed by atoms with Crippen molar-refractivity contribution in [1.29, 1.82) is 0 Å². The molecule has 3 rings (SSSR count). The van der Waals surface area contributed by atoms with Crippen LogP contribution in [0.15, 0.2) is 24.3 Å². The molecule has 0 bridgehead atoms. The number of nitrogens with zero attached hydrogens (tertiary/aromatic N) is 1. The zero-order valence-electron chi connectivity index (χ0n) is 14.5. The highest BCUT2D eigenvalue weighted by molar-refractivity contribution is 5.90. The maximum absolute atomic E-state index is 12.1. The fraction of sp³-hybridized carbons (Fsp3) is 0.611. The number of hydrogen-bond donors (Lipinski definition) is 2. The Labute approximate surface area is 162 Å². The summed E-state index contributed by atoms with van der Waals surface area (Å²) in [6.45, 7) is 4.55. The number of nitrogens with one attached hydrogen (secondary N) is 1. The molecule has 1 heterocycles. The summed E-state index contributed by atoms with van der Waals surface area (Å²) in [5.74, 6) is 0.420. The highest BCUT2D eigenvalue weighted by atomic mass is 35.5. The van der Waals surface area contributed by atoms with Crippen LogP contribution in [-0.2, 0) is 16.1 Å². The molecule has 2 atom stereocenters. The van der Waals surface area contributed by atoms with Gasteiger partial charge in [0.05, 0.1) is 13.2 Å². The van der Waals surface area contributed by atoms with E-state index in [-0.39, 0.29) is 36.8 Å². The molecular formula is C18H29Cl2N3O2. The van der Waals surface area contributed by atoms with Crippen LogP contribution in [0.5, 0.6) is 0 Å². The number of hydrogen-bond acceptors (Lipinski definition) is 4. The van der Waals surface area contributed by atoms with Gasteiger partial charge in [-0.05, 0) is 36.5 Å². The van der Waals surface area contributed by atoms with Gasteiger partial charge in [-0.25, -0.2) is 0 Å². The summed E-state index contributed by atoms with van der Waals surface area (Å²) in [5, 5.41) is 2.99. The second kappa shape index (κ2) is 11.0. The first-order chi connectivity index (χ1) is 11.2. The standard InChI is InChI=1S/C18H27N3O2.2ClH/c19-17-3-1-2-15(17)12-18(22)20-16-6-4-14(5-7-16)13-21-8-10-23-11-9-21;;/h4-7,15,17H,1-3,8-13,19H2,(H,20,22);2*1H/t15-,17+;;/m0../s1. The number of benzene rings is 1. The molecule has 0 radical (unpaired) electrons. The van der Waals surface area contributed by atoms with E-state index in [0.717, 1.165) is 57.8 Å². The number of amides is 1. The molecule has 142 valence electrons. The molecule has 1 saturated carbocycles. The highest BCUT2D eigenvalue weighted by Crippen LogP contribution is 2.27. The molecule has 25 heavy (non-hydrogen) atoms. The predicted octanol–water partition coefficient (Wildman–Crippen LogP) is 2.82. The molecule has 1 aliphatic heterocycles. The third kappa shape index (κ3) is 6.76. The van der Waals surface area contributed by atoms with Crippen LogP contribution in [0.3, 0.4) is 0 Å². The number of rotatable bonds is 5. The lowest BCUT2D eigenvalue weighted by Gasteiger charge is -2.26. The van der Waals surface area contributed by atoms with Crippen LogP contribution in [-0.4, -0.2) is 43.2 Å². The summed E-state index contributed by atoms with van der Waals surface area (Å²) < 4.78 is 5.36. The monoisotopic (exact) mass is 389 g/mol. The van der Waals surface area contributed by atoms with Crippen molar-refractivity contribution in [2.24, 2.45) is 11.7 Å². The van der Waals surface area contributed by atoms with Gasteiger partial charge < -0.3 is 15.8 Å². The molecule has 2 aliphatic rings. The van der Waals surface area contributed by atoms with Gasteiger partial charge in [0, 0.05) is 37.8 Å². The second-order valence-corrected chi connectivity index (χ2v) is 6.69. The van der Waals surface area contributed by atoms with Crippen molar-refractivity contribution in [3.63, 3.8) is 0 Å². The van der Waals surface area contributed by atoms with E-state index in [2.05, 4.69) is 22.3 Å². The molecule has 1 aliphatic carbocycles. The van der Waals surface area contributed by atoms with Crippen molar-refractivity contribution in [3.05, 3.63) is 29.8 Å². The number of nitrogens with two attached hydrogens (primary N) is 1. The fourth-order valence-electron chi connectivity index (χ4n) is 3.48. The molecule has 1 aromatic rings. The Kier molecular flexibility index (Phi) is 9.75. The number of anilines is 1. The van der Waals surface area contributed by atoms with Gasteiger partial charge in [-0.1, -0.05) is 18.6 Å². The van der Waals surface area contributed by atoms with E-state index in [1.54, 1.807) is 0 Å². The van der Waals surface area contributed by atoms with Gasteiger partial charge in [0.1, 0.15) is 0 Å². The zero-order valence-corrected chi connectivity index (χ0v) is 16.1. The SMILES string of the molecule is Cl.Cl.N[C@@H]1CCC[C@H]1CC(=O)Nc1ccc(CN2CCOCC2)cc1. The molecule has 1 aromatic carbocycles. The van der Waals surface area contributed by atoms with Crippen molar-refractivity contribution in [3.8, 4) is 0 Å².